The first kappa shape index (κ1) is 20.8. The molecular formula is C26H32O4. The van der Waals surface area contributed by atoms with Gasteiger partial charge in [0.15, 0.2) is 0 Å². The molecule has 160 valence electrons. The van der Waals surface area contributed by atoms with Crippen molar-refractivity contribution in [3.63, 3.8) is 0 Å². The molecule has 4 atom stereocenters. The Morgan fingerprint density at radius 2 is 1.83 bits per heavy atom. The molecule has 0 aromatic heterocycles. The van der Waals surface area contributed by atoms with E-state index in [1.165, 1.54) is 18.4 Å². The summed E-state index contributed by atoms with van der Waals surface area (Å²) in [6.45, 7) is 2.54. The van der Waals surface area contributed by atoms with Gasteiger partial charge in [-0.3, -0.25) is 4.79 Å². The van der Waals surface area contributed by atoms with Crippen molar-refractivity contribution in [3.8, 4) is 11.5 Å². The summed E-state index contributed by atoms with van der Waals surface area (Å²) >= 11 is 0. The Kier molecular flexibility index (Phi) is 6.31. The molecule has 0 unspecified atom stereocenters. The van der Waals surface area contributed by atoms with Crippen molar-refractivity contribution < 1.29 is 19.4 Å². The summed E-state index contributed by atoms with van der Waals surface area (Å²) in [7, 11) is 1.71. The van der Waals surface area contributed by atoms with Crippen LogP contribution in [-0.4, -0.2) is 24.8 Å². The van der Waals surface area contributed by atoms with Gasteiger partial charge in [0.25, 0.3) is 0 Å². The summed E-state index contributed by atoms with van der Waals surface area (Å²) in [5, 5.41) is 9.52. The fourth-order valence-corrected chi connectivity index (χ4v) is 5.03. The molecule has 2 saturated carbocycles. The first-order chi connectivity index (χ1) is 14.5. The number of carboxylic acids is 1. The standard InChI is InChI=1S/C26H32O4/c1-17(26(27)28)25(19-11-12-19)22-6-4-8-24(15-22)30-16-18-9-10-21(13-18)20-5-3-7-23(14-20)29-2/h3-8,14-15,17-19,21,25H,9-13,16H2,1-2H3,(H,27,28)/t17-,18+,21-,25-/m0/s1. The van der Waals surface area contributed by atoms with Crippen LogP contribution in [0.1, 0.15) is 62.0 Å². The second kappa shape index (κ2) is 9.11. The van der Waals surface area contributed by atoms with Crippen LogP contribution in [0.3, 0.4) is 0 Å². The van der Waals surface area contributed by atoms with Gasteiger partial charge in [0.05, 0.1) is 19.6 Å². The number of carboxylic acid groups (broad SMARTS) is 1. The smallest absolute Gasteiger partial charge is 0.306 e. The molecule has 2 aromatic rings. The summed E-state index contributed by atoms with van der Waals surface area (Å²) in [6, 6.07) is 16.5. The number of ether oxygens (including phenoxy) is 2. The van der Waals surface area contributed by atoms with Gasteiger partial charge in [-0.1, -0.05) is 31.2 Å². The van der Waals surface area contributed by atoms with Crippen LogP contribution in [0.5, 0.6) is 11.5 Å². The van der Waals surface area contributed by atoms with E-state index in [1.54, 1.807) is 7.11 Å². The first-order valence-electron chi connectivity index (χ1n) is 11.1. The highest BCUT2D eigenvalue weighted by Crippen LogP contribution is 2.47. The minimum atomic E-state index is -0.715. The molecule has 2 aromatic carbocycles. The Bertz CT molecular complexity index is 873. The molecule has 0 bridgehead atoms. The van der Waals surface area contributed by atoms with Gasteiger partial charge >= 0.3 is 5.97 Å². The van der Waals surface area contributed by atoms with Gasteiger partial charge in [-0.2, -0.15) is 0 Å². The van der Waals surface area contributed by atoms with E-state index >= 15 is 0 Å². The lowest BCUT2D eigenvalue weighted by atomic mass is 9.83. The van der Waals surface area contributed by atoms with Crippen LogP contribution in [0, 0.1) is 17.8 Å². The number of benzene rings is 2. The molecule has 0 aliphatic heterocycles. The third kappa shape index (κ3) is 4.80. The second-order valence-electron chi connectivity index (χ2n) is 9.03. The number of carbonyl (C=O) groups is 1. The maximum atomic E-state index is 11.6. The number of rotatable bonds is 9. The van der Waals surface area contributed by atoms with Crippen LogP contribution in [0.2, 0.25) is 0 Å². The summed E-state index contributed by atoms with van der Waals surface area (Å²) in [5.74, 6) is 2.38. The van der Waals surface area contributed by atoms with E-state index in [-0.39, 0.29) is 11.8 Å². The van der Waals surface area contributed by atoms with Crippen LogP contribution in [0.15, 0.2) is 48.5 Å². The molecular weight excluding hydrogens is 376 g/mol. The Morgan fingerprint density at radius 1 is 1.07 bits per heavy atom. The highest BCUT2D eigenvalue weighted by atomic mass is 16.5. The van der Waals surface area contributed by atoms with Crippen LogP contribution in [-0.2, 0) is 4.79 Å². The Labute approximate surface area is 179 Å². The van der Waals surface area contributed by atoms with Crippen molar-refractivity contribution in [1.29, 1.82) is 0 Å². The van der Waals surface area contributed by atoms with Crippen molar-refractivity contribution in [2.45, 2.75) is 50.9 Å². The molecule has 0 amide bonds. The molecule has 4 heteroatoms. The number of hydrogen-bond acceptors (Lipinski definition) is 3. The van der Waals surface area contributed by atoms with E-state index in [0.717, 1.165) is 36.3 Å². The maximum absolute atomic E-state index is 11.6. The third-order valence-corrected chi connectivity index (χ3v) is 6.89. The molecule has 2 fully saturated rings. The molecule has 30 heavy (non-hydrogen) atoms. The third-order valence-electron chi connectivity index (χ3n) is 6.89. The summed E-state index contributed by atoms with van der Waals surface area (Å²) in [6.07, 6.45) is 5.74. The van der Waals surface area contributed by atoms with Crippen LogP contribution < -0.4 is 9.47 Å². The predicted octanol–water partition coefficient (Wildman–Crippen LogP) is 5.87. The topological polar surface area (TPSA) is 55.8 Å². The van der Waals surface area contributed by atoms with Crippen LogP contribution in [0.4, 0.5) is 0 Å². The SMILES string of the molecule is COc1cccc([C@H]2CC[C@@H](COc3cccc([C@H](C4CC4)[C@H](C)C(=O)O)c3)C2)c1. The number of methoxy groups -OCH3 is 1. The normalized spacial score (nSPS) is 23.0. The molecule has 0 heterocycles. The zero-order valence-electron chi connectivity index (χ0n) is 17.9. The van der Waals surface area contributed by atoms with Crippen molar-refractivity contribution in [2.24, 2.45) is 17.8 Å². The van der Waals surface area contributed by atoms with Gasteiger partial charge in [0, 0.05) is 0 Å². The molecule has 0 radical (unpaired) electrons. The fraction of sp³-hybridized carbons (Fsp3) is 0.500. The van der Waals surface area contributed by atoms with Gasteiger partial charge in [0.2, 0.25) is 0 Å². The Hall–Kier alpha value is -2.49. The number of aliphatic carboxylic acids is 1. The molecule has 2 aliphatic carbocycles. The van der Waals surface area contributed by atoms with Crippen LogP contribution in [0.25, 0.3) is 0 Å². The lowest BCUT2D eigenvalue weighted by molar-refractivity contribution is -0.142. The van der Waals surface area contributed by atoms with Gasteiger partial charge < -0.3 is 14.6 Å². The summed E-state index contributed by atoms with van der Waals surface area (Å²) < 4.78 is 11.5. The molecule has 4 rings (SSSR count). The second-order valence-corrected chi connectivity index (χ2v) is 9.03. The number of hydrogen-bond donors (Lipinski definition) is 1. The largest absolute Gasteiger partial charge is 0.497 e. The van der Waals surface area contributed by atoms with E-state index in [4.69, 9.17) is 9.47 Å². The van der Waals surface area contributed by atoms with Crippen molar-refractivity contribution in [2.75, 3.05) is 13.7 Å². The van der Waals surface area contributed by atoms with Gasteiger partial charge in [-0.05, 0) is 91.2 Å². The van der Waals surface area contributed by atoms with E-state index in [2.05, 4.69) is 30.3 Å². The van der Waals surface area contributed by atoms with E-state index < -0.39 is 5.97 Å². The average molecular weight is 409 g/mol. The minimum Gasteiger partial charge on any atom is -0.497 e. The van der Waals surface area contributed by atoms with E-state index in [0.29, 0.717) is 24.4 Å². The van der Waals surface area contributed by atoms with Gasteiger partial charge in [-0.15, -0.1) is 0 Å². The monoisotopic (exact) mass is 408 g/mol. The zero-order valence-corrected chi connectivity index (χ0v) is 17.9. The summed E-state index contributed by atoms with van der Waals surface area (Å²) in [4.78, 5) is 11.6. The van der Waals surface area contributed by atoms with Crippen molar-refractivity contribution in [1.82, 2.24) is 0 Å². The molecule has 4 nitrogen and oxygen atoms in total. The lowest BCUT2D eigenvalue weighted by Gasteiger charge is -2.22. The molecule has 1 N–H and O–H groups in total. The predicted molar refractivity (Wildman–Crippen MR) is 117 cm³/mol. The Balaban J connectivity index is 1.36. The molecule has 2 aliphatic rings. The quantitative estimate of drug-likeness (QED) is 0.563. The van der Waals surface area contributed by atoms with E-state index in [9.17, 15) is 9.90 Å². The molecule has 0 spiro atoms. The highest BCUT2D eigenvalue weighted by Gasteiger charge is 2.38. The van der Waals surface area contributed by atoms with E-state index in [1.807, 2.05) is 25.1 Å². The van der Waals surface area contributed by atoms with Gasteiger partial charge in [-0.25, -0.2) is 0 Å². The summed E-state index contributed by atoms with van der Waals surface area (Å²) in [5.41, 5.74) is 2.46. The van der Waals surface area contributed by atoms with Crippen LogP contribution >= 0.6 is 0 Å². The fourth-order valence-electron chi connectivity index (χ4n) is 5.03. The highest BCUT2D eigenvalue weighted by molar-refractivity contribution is 5.71. The molecule has 0 saturated heterocycles. The average Bonchev–Trinajstić information content (AvgIpc) is 3.48. The lowest BCUT2D eigenvalue weighted by Crippen LogP contribution is -2.20. The first-order valence-corrected chi connectivity index (χ1v) is 11.1. The van der Waals surface area contributed by atoms with Crippen molar-refractivity contribution >= 4 is 5.97 Å². The Morgan fingerprint density at radius 3 is 2.57 bits per heavy atom. The van der Waals surface area contributed by atoms with Gasteiger partial charge in [0.1, 0.15) is 11.5 Å². The van der Waals surface area contributed by atoms with Crippen molar-refractivity contribution in [3.05, 3.63) is 59.7 Å². The maximum Gasteiger partial charge on any atom is 0.306 e. The minimum absolute atomic E-state index is 0.0787. The zero-order chi connectivity index (χ0) is 21.1.